The summed E-state index contributed by atoms with van der Waals surface area (Å²) in [5, 5.41) is 3.88. The summed E-state index contributed by atoms with van der Waals surface area (Å²) in [5.41, 5.74) is 1.57. The lowest BCUT2D eigenvalue weighted by Crippen LogP contribution is -2.41. The van der Waals surface area contributed by atoms with Crippen molar-refractivity contribution in [3.63, 3.8) is 0 Å². The fraction of sp³-hybridized carbons (Fsp3) is 0.600. The molecule has 2 fully saturated rings. The fourth-order valence-electron chi connectivity index (χ4n) is 5.70. The van der Waals surface area contributed by atoms with Crippen molar-refractivity contribution in [1.82, 2.24) is 5.32 Å². The Morgan fingerprint density at radius 3 is 2.47 bits per heavy atom. The van der Waals surface area contributed by atoms with Gasteiger partial charge in [0, 0.05) is 17.0 Å². The van der Waals surface area contributed by atoms with E-state index in [4.69, 9.17) is 9.15 Å². The molecule has 5 heteroatoms. The standard InChI is InChI=1S/C25H31NO4/c1-16-21-19(29-23(16)24(28)26-17-9-5-4-6-10-17)11-12-20-22(21)18(27)15-25(30-20)13-7-2-3-8-14-25/h11-12,17H,2-10,13-15H2,1H3,(H,26,28). The Morgan fingerprint density at radius 2 is 1.73 bits per heavy atom. The lowest BCUT2D eigenvalue weighted by Gasteiger charge is -2.37. The van der Waals surface area contributed by atoms with E-state index in [1.807, 2.05) is 19.1 Å². The lowest BCUT2D eigenvalue weighted by molar-refractivity contribution is 0.0301. The van der Waals surface area contributed by atoms with Crippen LogP contribution in [0.5, 0.6) is 5.75 Å². The van der Waals surface area contributed by atoms with Gasteiger partial charge in [0.15, 0.2) is 11.5 Å². The first-order valence-corrected chi connectivity index (χ1v) is 11.7. The first-order valence-electron chi connectivity index (χ1n) is 11.7. The summed E-state index contributed by atoms with van der Waals surface area (Å²) in [7, 11) is 0. The predicted octanol–water partition coefficient (Wildman–Crippen LogP) is 5.86. The molecule has 0 unspecified atom stereocenters. The molecule has 2 heterocycles. The van der Waals surface area contributed by atoms with Gasteiger partial charge in [-0.3, -0.25) is 9.59 Å². The highest BCUT2D eigenvalue weighted by atomic mass is 16.5. The summed E-state index contributed by atoms with van der Waals surface area (Å²) in [6.45, 7) is 1.88. The van der Waals surface area contributed by atoms with Crippen molar-refractivity contribution < 1.29 is 18.7 Å². The molecule has 1 aromatic heterocycles. The van der Waals surface area contributed by atoms with Gasteiger partial charge in [0.05, 0.1) is 12.0 Å². The number of nitrogens with one attached hydrogen (secondary N) is 1. The summed E-state index contributed by atoms with van der Waals surface area (Å²) in [5.74, 6) is 0.927. The van der Waals surface area contributed by atoms with Crippen molar-refractivity contribution in [3.05, 3.63) is 29.0 Å². The van der Waals surface area contributed by atoms with Crippen molar-refractivity contribution in [2.24, 2.45) is 0 Å². The van der Waals surface area contributed by atoms with Crippen LogP contribution < -0.4 is 10.1 Å². The molecule has 30 heavy (non-hydrogen) atoms. The summed E-state index contributed by atoms with van der Waals surface area (Å²) in [6.07, 6.45) is 12.6. The van der Waals surface area contributed by atoms with Crippen molar-refractivity contribution in [2.45, 2.75) is 95.6 Å². The third kappa shape index (κ3) is 3.42. The van der Waals surface area contributed by atoms with E-state index in [0.29, 0.717) is 29.1 Å². The highest BCUT2D eigenvalue weighted by Crippen LogP contribution is 2.44. The molecule has 0 radical (unpaired) electrons. The summed E-state index contributed by atoms with van der Waals surface area (Å²) in [4.78, 5) is 26.2. The van der Waals surface area contributed by atoms with E-state index in [-0.39, 0.29) is 23.3 Å². The Bertz CT molecular complexity index is 975. The third-order valence-corrected chi connectivity index (χ3v) is 7.31. The molecule has 5 nitrogen and oxygen atoms in total. The van der Waals surface area contributed by atoms with Crippen LogP contribution >= 0.6 is 0 Å². The first-order chi connectivity index (χ1) is 14.6. The number of fused-ring (bicyclic) bond motifs is 3. The van der Waals surface area contributed by atoms with Crippen molar-refractivity contribution >= 4 is 22.7 Å². The molecule has 1 spiro atoms. The van der Waals surface area contributed by atoms with Crippen molar-refractivity contribution in [2.75, 3.05) is 0 Å². The Kier molecular flexibility index (Phi) is 5.08. The minimum absolute atomic E-state index is 0.117. The summed E-state index contributed by atoms with van der Waals surface area (Å²) >= 11 is 0. The summed E-state index contributed by atoms with van der Waals surface area (Å²) < 4.78 is 12.5. The maximum Gasteiger partial charge on any atom is 0.287 e. The topological polar surface area (TPSA) is 68.5 Å². The van der Waals surface area contributed by atoms with Crippen LogP contribution in [0.15, 0.2) is 16.5 Å². The van der Waals surface area contributed by atoms with Gasteiger partial charge in [-0.05, 0) is 57.6 Å². The monoisotopic (exact) mass is 409 g/mol. The normalized spacial score (nSPS) is 21.8. The van der Waals surface area contributed by atoms with Gasteiger partial charge in [0.2, 0.25) is 0 Å². The number of benzene rings is 1. The second-order valence-corrected chi connectivity index (χ2v) is 9.48. The number of hydrogen-bond acceptors (Lipinski definition) is 4. The average Bonchev–Trinajstić information content (AvgIpc) is 2.92. The van der Waals surface area contributed by atoms with Crippen LogP contribution in [0, 0.1) is 6.92 Å². The van der Waals surface area contributed by atoms with Crippen LogP contribution in [0.4, 0.5) is 0 Å². The van der Waals surface area contributed by atoms with Gasteiger partial charge in [-0.15, -0.1) is 0 Å². The van der Waals surface area contributed by atoms with Crippen LogP contribution in [0.25, 0.3) is 11.0 Å². The number of carbonyl (C=O) groups excluding carboxylic acids is 2. The van der Waals surface area contributed by atoms with Gasteiger partial charge >= 0.3 is 0 Å². The fourth-order valence-corrected chi connectivity index (χ4v) is 5.70. The van der Waals surface area contributed by atoms with E-state index in [1.165, 1.54) is 19.3 Å². The number of ketones is 1. The van der Waals surface area contributed by atoms with Gasteiger partial charge in [0.1, 0.15) is 16.9 Å². The van der Waals surface area contributed by atoms with Crippen LogP contribution in [-0.2, 0) is 0 Å². The SMILES string of the molecule is Cc1c(C(=O)NC2CCCCC2)oc2ccc3c(c12)C(=O)CC1(CCCCCC1)O3. The van der Waals surface area contributed by atoms with Crippen LogP contribution in [0.3, 0.4) is 0 Å². The molecule has 3 aliphatic rings. The molecule has 1 N–H and O–H groups in total. The Labute approximate surface area is 177 Å². The molecule has 0 saturated heterocycles. The number of Topliss-reactive ketones (excluding diaryl/α,β-unsaturated/α-hetero) is 1. The largest absolute Gasteiger partial charge is 0.486 e. The van der Waals surface area contributed by atoms with E-state index >= 15 is 0 Å². The predicted molar refractivity (Wildman–Crippen MR) is 115 cm³/mol. The van der Waals surface area contributed by atoms with Crippen LogP contribution in [0.2, 0.25) is 0 Å². The average molecular weight is 410 g/mol. The molecular formula is C25H31NO4. The lowest BCUT2D eigenvalue weighted by atomic mass is 9.83. The number of furan rings is 1. The molecule has 2 aromatic rings. The highest BCUT2D eigenvalue weighted by Gasteiger charge is 2.42. The molecule has 0 bridgehead atoms. The minimum Gasteiger partial charge on any atom is -0.486 e. The Balaban J connectivity index is 1.48. The van der Waals surface area contributed by atoms with Crippen molar-refractivity contribution in [3.8, 4) is 5.75 Å². The van der Waals surface area contributed by atoms with Crippen molar-refractivity contribution in [1.29, 1.82) is 0 Å². The van der Waals surface area contributed by atoms with Gasteiger partial charge in [0.25, 0.3) is 5.91 Å². The molecule has 1 aliphatic heterocycles. The second-order valence-electron chi connectivity index (χ2n) is 9.48. The van der Waals surface area contributed by atoms with Crippen LogP contribution in [0.1, 0.15) is 104 Å². The molecule has 0 atom stereocenters. The van der Waals surface area contributed by atoms with E-state index in [9.17, 15) is 9.59 Å². The molecule has 2 saturated carbocycles. The summed E-state index contributed by atoms with van der Waals surface area (Å²) in [6, 6.07) is 3.92. The Hall–Kier alpha value is -2.30. The molecule has 1 aromatic carbocycles. The molecule has 1 amide bonds. The van der Waals surface area contributed by atoms with E-state index in [0.717, 1.165) is 62.3 Å². The van der Waals surface area contributed by atoms with E-state index in [1.54, 1.807) is 0 Å². The smallest absolute Gasteiger partial charge is 0.287 e. The third-order valence-electron chi connectivity index (χ3n) is 7.31. The number of ether oxygens (including phenoxy) is 1. The quantitative estimate of drug-likeness (QED) is 0.674. The zero-order chi connectivity index (χ0) is 20.7. The van der Waals surface area contributed by atoms with E-state index < -0.39 is 0 Å². The first kappa shape index (κ1) is 19.7. The highest BCUT2D eigenvalue weighted by molar-refractivity contribution is 6.13. The number of carbonyl (C=O) groups is 2. The number of amides is 1. The number of aryl methyl sites for hydroxylation is 1. The number of rotatable bonds is 2. The van der Waals surface area contributed by atoms with E-state index in [2.05, 4.69) is 5.32 Å². The minimum atomic E-state index is -0.354. The zero-order valence-corrected chi connectivity index (χ0v) is 17.9. The Morgan fingerprint density at radius 1 is 1.03 bits per heavy atom. The maximum atomic E-state index is 13.3. The number of hydrogen-bond donors (Lipinski definition) is 1. The second kappa shape index (κ2) is 7.75. The molecule has 5 rings (SSSR count). The van der Waals surface area contributed by atoms with Gasteiger partial charge < -0.3 is 14.5 Å². The molecular weight excluding hydrogens is 378 g/mol. The molecule has 2 aliphatic carbocycles. The molecule has 160 valence electrons. The van der Waals surface area contributed by atoms with Gasteiger partial charge in [-0.2, -0.15) is 0 Å². The van der Waals surface area contributed by atoms with Gasteiger partial charge in [-0.1, -0.05) is 32.1 Å². The van der Waals surface area contributed by atoms with Crippen LogP contribution in [-0.4, -0.2) is 23.3 Å². The maximum absolute atomic E-state index is 13.3. The van der Waals surface area contributed by atoms with Gasteiger partial charge in [-0.25, -0.2) is 0 Å². The zero-order valence-electron chi connectivity index (χ0n) is 17.9.